The van der Waals surface area contributed by atoms with E-state index in [1.54, 1.807) is 17.4 Å². The highest BCUT2D eigenvalue weighted by Gasteiger charge is 2.40. The number of furan rings is 1. The molecule has 2 aromatic rings. The fourth-order valence-electron chi connectivity index (χ4n) is 3.86. The molecule has 0 aromatic carbocycles. The van der Waals surface area contributed by atoms with Crippen molar-refractivity contribution in [2.75, 3.05) is 13.1 Å². The maximum absolute atomic E-state index is 13.0. The highest BCUT2D eigenvalue weighted by atomic mass is 16.3. The van der Waals surface area contributed by atoms with Gasteiger partial charge in [-0.1, -0.05) is 0 Å². The van der Waals surface area contributed by atoms with E-state index in [9.17, 15) is 9.59 Å². The zero-order valence-corrected chi connectivity index (χ0v) is 14.1. The van der Waals surface area contributed by atoms with Gasteiger partial charge in [-0.05, 0) is 31.0 Å². The van der Waals surface area contributed by atoms with Crippen LogP contribution >= 0.6 is 0 Å². The fourth-order valence-corrected chi connectivity index (χ4v) is 3.86. The maximum Gasteiger partial charge on any atom is 0.228 e. The number of nitrogens with zero attached hydrogens (tertiary/aromatic N) is 4. The Labute approximate surface area is 146 Å². The molecule has 2 aliphatic heterocycles. The molecule has 0 unspecified atom stereocenters. The van der Waals surface area contributed by atoms with Crippen molar-refractivity contribution in [3.63, 3.8) is 0 Å². The molecule has 132 valence electrons. The number of carbonyl (C=O) groups is 2. The van der Waals surface area contributed by atoms with Crippen LogP contribution in [0.3, 0.4) is 0 Å². The number of hydrogen-bond acceptors (Lipinski definition) is 4. The Bertz CT molecular complexity index is 726. The predicted molar refractivity (Wildman–Crippen MR) is 89.2 cm³/mol. The summed E-state index contributed by atoms with van der Waals surface area (Å²) >= 11 is 0. The van der Waals surface area contributed by atoms with Crippen LogP contribution in [0, 0.1) is 5.92 Å². The minimum atomic E-state index is -0.249. The molecule has 2 saturated heterocycles. The molecule has 7 heteroatoms. The largest absolute Gasteiger partial charge is 0.467 e. The second kappa shape index (κ2) is 6.74. The molecule has 0 spiro atoms. The molecule has 4 rings (SSSR count). The van der Waals surface area contributed by atoms with Crippen molar-refractivity contribution in [2.24, 2.45) is 5.92 Å². The first kappa shape index (κ1) is 15.9. The van der Waals surface area contributed by atoms with E-state index in [0.29, 0.717) is 19.5 Å². The number of aromatic nitrogens is 2. The van der Waals surface area contributed by atoms with E-state index in [0.717, 1.165) is 31.7 Å². The van der Waals surface area contributed by atoms with E-state index in [4.69, 9.17) is 4.42 Å². The Morgan fingerprint density at radius 3 is 3.04 bits per heavy atom. The van der Waals surface area contributed by atoms with Crippen LogP contribution in [0.4, 0.5) is 0 Å². The highest BCUT2D eigenvalue weighted by molar-refractivity contribution is 5.89. The smallest absolute Gasteiger partial charge is 0.228 e. The lowest BCUT2D eigenvalue weighted by molar-refractivity contribution is -0.136. The lowest BCUT2D eigenvalue weighted by Crippen LogP contribution is -2.42. The second-order valence-electron chi connectivity index (χ2n) is 6.81. The van der Waals surface area contributed by atoms with Gasteiger partial charge in [-0.25, -0.2) is 0 Å². The average molecular weight is 342 g/mol. The molecule has 4 heterocycles. The van der Waals surface area contributed by atoms with Gasteiger partial charge < -0.3 is 14.2 Å². The summed E-state index contributed by atoms with van der Waals surface area (Å²) in [6.45, 7) is 2.40. The lowest BCUT2D eigenvalue weighted by atomic mass is 10.1. The van der Waals surface area contributed by atoms with Crippen molar-refractivity contribution in [3.05, 3.63) is 42.6 Å². The van der Waals surface area contributed by atoms with Crippen LogP contribution in [0.15, 0.2) is 41.3 Å². The van der Waals surface area contributed by atoms with Crippen molar-refractivity contribution in [3.8, 4) is 0 Å². The highest BCUT2D eigenvalue weighted by Crippen LogP contribution is 2.27. The molecule has 0 radical (unpaired) electrons. The van der Waals surface area contributed by atoms with Crippen LogP contribution in [-0.2, 0) is 22.7 Å². The summed E-state index contributed by atoms with van der Waals surface area (Å²) in [5.74, 6) is 0.627. The van der Waals surface area contributed by atoms with Crippen LogP contribution in [-0.4, -0.2) is 50.5 Å². The van der Waals surface area contributed by atoms with Gasteiger partial charge in [0.1, 0.15) is 5.76 Å². The molecule has 7 nitrogen and oxygen atoms in total. The van der Waals surface area contributed by atoms with Gasteiger partial charge in [0.25, 0.3) is 0 Å². The summed E-state index contributed by atoms with van der Waals surface area (Å²) < 4.78 is 7.19. The Hall–Kier alpha value is -2.57. The molecule has 2 amide bonds. The fraction of sp³-hybridized carbons (Fsp3) is 0.500. The van der Waals surface area contributed by atoms with E-state index >= 15 is 0 Å². The Morgan fingerprint density at radius 1 is 1.36 bits per heavy atom. The first-order chi connectivity index (χ1) is 12.2. The Morgan fingerprint density at radius 2 is 2.28 bits per heavy atom. The molecule has 2 aromatic heterocycles. The molecule has 2 fully saturated rings. The van der Waals surface area contributed by atoms with Gasteiger partial charge in [0.2, 0.25) is 11.8 Å². The standard InChI is InChI=1S/C18H22N4O3/c23-17-10-14(11-20(17)13-16-5-2-9-25-16)18(24)22-8-1-4-15(22)12-21-7-3-6-19-21/h2-3,5-7,9,14-15H,1,4,8,10-13H2/t14-,15-/m1/s1. The zero-order chi connectivity index (χ0) is 17.2. The van der Waals surface area contributed by atoms with E-state index in [1.807, 2.05) is 34.0 Å². The van der Waals surface area contributed by atoms with Crippen molar-refractivity contribution < 1.29 is 14.0 Å². The second-order valence-corrected chi connectivity index (χ2v) is 6.81. The van der Waals surface area contributed by atoms with Crippen molar-refractivity contribution in [1.82, 2.24) is 19.6 Å². The number of amides is 2. The third kappa shape index (κ3) is 3.31. The van der Waals surface area contributed by atoms with Crippen molar-refractivity contribution >= 4 is 11.8 Å². The zero-order valence-electron chi connectivity index (χ0n) is 14.1. The van der Waals surface area contributed by atoms with E-state index in [1.165, 1.54) is 0 Å². The molecule has 25 heavy (non-hydrogen) atoms. The SMILES string of the molecule is O=C1C[C@@H](C(=O)N2CCC[C@@H]2Cn2cccn2)CN1Cc1ccco1. The molecule has 2 atom stereocenters. The molecular weight excluding hydrogens is 320 g/mol. The summed E-state index contributed by atoms with van der Waals surface area (Å²) in [4.78, 5) is 28.9. The van der Waals surface area contributed by atoms with Gasteiger partial charge in [-0.2, -0.15) is 5.10 Å². The molecular formula is C18H22N4O3. The van der Waals surface area contributed by atoms with Gasteiger partial charge in [-0.3, -0.25) is 14.3 Å². The number of likely N-dealkylation sites (tertiary alicyclic amines) is 2. The monoisotopic (exact) mass is 342 g/mol. The normalized spacial score (nSPS) is 23.6. The minimum Gasteiger partial charge on any atom is -0.467 e. The summed E-state index contributed by atoms with van der Waals surface area (Å²) in [6, 6.07) is 5.72. The quantitative estimate of drug-likeness (QED) is 0.826. The topological polar surface area (TPSA) is 71.6 Å². The lowest BCUT2D eigenvalue weighted by Gasteiger charge is -2.27. The Kier molecular flexibility index (Phi) is 4.29. The molecule has 0 aliphatic carbocycles. The molecule has 0 bridgehead atoms. The van der Waals surface area contributed by atoms with Gasteiger partial charge in [-0.15, -0.1) is 0 Å². The van der Waals surface area contributed by atoms with Crippen LogP contribution in [0.1, 0.15) is 25.0 Å². The summed E-state index contributed by atoms with van der Waals surface area (Å²) in [7, 11) is 0. The van der Waals surface area contributed by atoms with Gasteiger partial charge >= 0.3 is 0 Å². The van der Waals surface area contributed by atoms with Crippen LogP contribution in [0.5, 0.6) is 0 Å². The van der Waals surface area contributed by atoms with Crippen LogP contribution in [0.2, 0.25) is 0 Å². The molecule has 2 aliphatic rings. The maximum atomic E-state index is 13.0. The summed E-state index contributed by atoms with van der Waals surface area (Å²) in [5.41, 5.74) is 0. The summed E-state index contributed by atoms with van der Waals surface area (Å²) in [5, 5.41) is 4.24. The van der Waals surface area contributed by atoms with Gasteiger partial charge in [0.05, 0.1) is 31.3 Å². The minimum absolute atomic E-state index is 0.0255. The first-order valence-electron chi connectivity index (χ1n) is 8.79. The number of hydrogen-bond donors (Lipinski definition) is 0. The third-order valence-electron chi connectivity index (χ3n) is 5.11. The van der Waals surface area contributed by atoms with E-state index in [2.05, 4.69) is 5.10 Å². The van der Waals surface area contributed by atoms with Crippen LogP contribution < -0.4 is 0 Å². The molecule has 0 saturated carbocycles. The summed E-state index contributed by atoms with van der Waals surface area (Å²) in [6.07, 6.45) is 7.57. The predicted octanol–water partition coefficient (Wildman–Crippen LogP) is 1.52. The number of rotatable bonds is 5. The first-order valence-corrected chi connectivity index (χ1v) is 8.79. The van der Waals surface area contributed by atoms with Crippen molar-refractivity contribution in [1.29, 1.82) is 0 Å². The third-order valence-corrected chi connectivity index (χ3v) is 5.11. The van der Waals surface area contributed by atoms with Crippen molar-refractivity contribution in [2.45, 2.75) is 38.4 Å². The van der Waals surface area contributed by atoms with E-state index < -0.39 is 0 Å². The van der Waals surface area contributed by atoms with Gasteiger partial charge in [0.15, 0.2) is 0 Å². The van der Waals surface area contributed by atoms with Crippen LogP contribution in [0.25, 0.3) is 0 Å². The molecule has 0 N–H and O–H groups in total. The van der Waals surface area contributed by atoms with Gasteiger partial charge in [0, 0.05) is 31.9 Å². The number of carbonyl (C=O) groups excluding carboxylic acids is 2. The Balaban J connectivity index is 1.39. The van der Waals surface area contributed by atoms with E-state index in [-0.39, 0.29) is 23.8 Å². The average Bonchev–Trinajstić information content (AvgIpc) is 3.37.